The Morgan fingerprint density at radius 1 is 1.00 bits per heavy atom. The Morgan fingerprint density at radius 3 is 2.27 bits per heavy atom. The molecule has 3 rings (SSSR count). The first-order valence-electron chi connectivity index (χ1n) is 9.16. The maximum Gasteiger partial charge on any atom is 0.346 e. The van der Waals surface area contributed by atoms with Crippen molar-refractivity contribution in [2.45, 2.75) is 33.1 Å². The molecule has 30 heavy (non-hydrogen) atoms. The van der Waals surface area contributed by atoms with Crippen LogP contribution in [0, 0.1) is 18.6 Å². The van der Waals surface area contributed by atoms with E-state index in [1.54, 1.807) is 24.3 Å². The predicted octanol–water partition coefficient (Wildman–Crippen LogP) is 6.63. The number of carbonyl (C=O) groups excluding carboxylic acids is 1. The van der Waals surface area contributed by atoms with Gasteiger partial charge in [-0.3, -0.25) is 4.98 Å². The van der Waals surface area contributed by atoms with Crippen molar-refractivity contribution in [3.8, 4) is 17.2 Å². The molecule has 0 radical (unpaired) electrons. The molecule has 0 aliphatic carbocycles. The molecule has 0 bridgehead atoms. The maximum atomic E-state index is 14.5. The minimum Gasteiger partial charge on any atom is -0.452 e. The van der Waals surface area contributed by atoms with Gasteiger partial charge in [-0.15, -0.1) is 0 Å². The first-order valence-corrected chi connectivity index (χ1v) is 9.54. The van der Waals surface area contributed by atoms with Gasteiger partial charge in [-0.25, -0.2) is 13.6 Å². The number of aromatic nitrogens is 1. The van der Waals surface area contributed by atoms with E-state index in [4.69, 9.17) is 21.1 Å². The zero-order valence-electron chi connectivity index (χ0n) is 16.9. The van der Waals surface area contributed by atoms with E-state index < -0.39 is 28.9 Å². The first-order chi connectivity index (χ1) is 14.0. The van der Waals surface area contributed by atoms with Crippen molar-refractivity contribution in [3.63, 3.8) is 0 Å². The molecule has 0 aliphatic heterocycles. The Balaban J connectivity index is 1.81. The van der Waals surface area contributed by atoms with E-state index >= 15 is 0 Å². The zero-order valence-corrected chi connectivity index (χ0v) is 17.7. The number of hydrogen-bond acceptors (Lipinski definition) is 4. The molecule has 0 unspecified atom stereocenters. The van der Waals surface area contributed by atoms with Crippen LogP contribution in [0.4, 0.5) is 8.78 Å². The summed E-state index contributed by atoms with van der Waals surface area (Å²) in [6.07, 6.45) is 1.38. The van der Waals surface area contributed by atoms with Crippen LogP contribution in [0.15, 0.2) is 48.7 Å². The van der Waals surface area contributed by atoms with Crippen LogP contribution in [0.5, 0.6) is 17.2 Å². The van der Waals surface area contributed by atoms with E-state index in [-0.39, 0.29) is 16.9 Å². The third-order valence-corrected chi connectivity index (χ3v) is 4.52. The summed E-state index contributed by atoms with van der Waals surface area (Å²) in [6, 6.07) is 9.60. The molecule has 0 amide bonds. The van der Waals surface area contributed by atoms with Gasteiger partial charge in [-0.1, -0.05) is 50.1 Å². The number of aryl methyl sites for hydroxylation is 1. The van der Waals surface area contributed by atoms with Crippen molar-refractivity contribution in [2.24, 2.45) is 0 Å². The largest absolute Gasteiger partial charge is 0.452 e. The third kappa shape index (κ3) is 4.94. The Morgan fingerprint density at radius 2 is 1.67 bits per heavy atom. The second-order valence-electron chi connectivity index (χ2n) is 7.82. The van der Waals surface area contributed by atoms with E-state index in [1.807, 2.05) is 27.7 Å². The number of ether oxygens (including phenoxy) is 2. The minimum atomic E-state index is -1.01. The fourth-order valence-corrected chi connectivity index (χ4v) is 3.13. The highest BCUT2D eigenvalue weighted by Crippen LogP contribution is 2.33. The lowest BCUT2D eigenvalue weighted by Crippen LogP contribution is -2.14. The van der Waals surface area contributed by atoms with Gasteiger partial charge < -0.3 is 9.47 Å². The lowest BCUT2D eigenvalue weighted by atomic mass is 9.91. The molecule has 1 aromatic heterocycles. The van der Waals surface area contributed by atoms with Gasteiger partial charge in [0.25, 0.3) is 0 Å². The molecule has 0 aliphatic rings. The summed E-state index contributed by atoms with van der Waals surface area (Å²) in [7, 11) is 0. The molecule has 3 aromatic rings. The van der Waals surface area contributed by atoms with Crippen molar-refractivity contribution < 1.29 is 23.0 Å². The van der Waals surface area contributed by atoms with Crippen LogP contribution >= 0.6 is 11.6 Å². The molecule has 156 valence electrons. The highest BCUT2D eigenvalue weighted by atomic mass is 35.5. The summed E-state index contributed by atoms with van der Waals surface area (Å²) < 4.78 is 39.4. The summed E-state index contributed by atoms with van der Waals surface area (Å²) in [6.45, 7) is 7.72. The normalized spacial score (nSPS) is 11.3. The van der Waals surface area contributed by atoms with Gasteiger partial charge in [0.2, 0.25) is 0 Å². The molecule has 0 atom stereocenters. The second kappa shape index (κ2) is 8.40. The van der Waals surface area contributed by atoms with Gasteiger partial charge in [0.15, 0.2) is 11.6 Å². The topological polar surface area (TPSA) is 48.4 Å². The average molecular weight is 432 g/mol. The van der Waals surface area contributed by atoms with Crippen LogP contribution in [-0.4, -0.2) is 11.0 Å². The van der Waals surface area contributed by atoms with Crippen molar-refractivity contribution in [3.05, 3.63) is 82.1 Å². The quantitative estimate of drug-likeness (QED) is 0.343. The number of halogens is 3. The van der Waals surface area contributed by atoms with E-state index in [0.717, 1.165) is 17.7 Å². The van der Waals surface area contributed by atoms with Crippen LogP contribution in [-0.2, 0) is 5.41 Å². The van der Waals surface area contributed by atoms with Gasteiger partial charge >= 0.3 is 5.97 Å². The number of hydrogen-bond donors (Lipinski definition) is 0. The molecular weight excluding hydrogens is 412 g/mol. The van der Waals surface area contributed by atoms with Gasteiger partial charge in [0, 0.05) is 17.5 Å². The monoisotopic (exact) mass is 431 g/mol. The number of nitrogens with zero attached hydrogens (tertiary/aromatic N) is 1. The van der Waals surface area contributed by atoms with E-state index in [9.17, 15) is 13.6 Å². The second-order valence-corrected chi connectivity index (χ2v) is 8.23. The number of esters is 1. The van der Waals surface area contributed by atoms with E-state index in [1.165, 1.54) is 12.3 Å². The van der Waals surface area contributed by atoms with Gasteiger partial charge in [0.1, 0.15) is 17.3 Å². The molecule has 0 N–H and O–H groups in total. The molecule has 1 heterocycles. The number of carbonyl (C=O) groups is 1. The standard InChI is InChI=1S/C23H20ClF2NO3/c1-13-5-7-14(8-6-13)30-22(28)16-10-19(26)20(11-18(16)25)29-15-9-17(24)21(27-12-15)23(2,3)4/h5-12H,1-4H3. The van der Waals surface area contributed by atoms with Gasteiger partial charge in [-0.2, -0.15) is 0 Å². The highest BCUT2D eigenvalue weighted by molar-refractivity contribution is 6.31. The summed E-state index contributed by atoms with van der Waals surface area (Å²) in [5.74, 6) is -2.95. The number of pyridine rings is 1. The molecular formula is C23H20ClF2NO3. The van der Waals surface area contributed by atoms with Crippen LogP contribution in [0.2, 0.25) is 5.02 Å². The molecule has 4 nitrogen and oxygen atoms in total. The predicted molar refractivity (Wildman–Crippen MR) is 111 cm³/mol. The van der Waals surface area contributed by atoms with Crippen LogP contribution in [0.3, 0.4) is 0 Å². The molecule has 7 heteroatoms. The average Bonchev–Trinajstić information content (AvgIpc) is 2.65. The lowest BCUT2D eigenvalue weighted by Gasteiger charge is -2.19. The number of benzene rings is 2. The minimum absolute atomic E-state index is 0.140. The van der Waals surface area contributed by atoms with Gasteiger partial charge in [0.05, 0.1) is 22.5 Å². The number of rotatable bonds is 4. The summed E-state index contributed by atoms with van der Waals surface area (Å²) in [5.41, 5.74) is 0.794. The van der Waals surface area contributed by atoms with Crippen molar-refractivity contribution in [1.29, 1.82) is 0 Å². The summed E-state index contributed by atoms with van der Waals surface area (Å²) in [4.78, 5) is 16.5. The first kappa shape index (κ1) is 21.7. The molecule has 0 fully saturated rings. The van der Waals surface area contributed by atoms with E-state index in [2.05, 4.69) is 4.98 Å². The van der Waals surface area contributed by atoms with Crippen molar-refractivity contribution in [1.82, 2.24) is 4.98 Å². The lowest BCUT2D eigenvalue weighted by molar-refractivity contribution is 0.0729. The molecule has 0 saturated carbocycles. The Labute approximate surface area is 178 Å². The van der Waals surface area contributed by atoms with Crippen molar-refractivity contribution in [2.75, 3.05) is 0 Å². The summed E-state index contributed by atoms with van der Waals surface area (Å²) >= 11 is 6.23. The molecule has 0 spiro atoms. The van der Waals surface area contributed by atoms with Gasteiger partial charge in [-0.05, 0) is 25.1 Å². The maximum absolute atomic E-state index is 14.5. The fourth-order valence-electron chi connectivity index (χ4n) is 2.69. The Bertz CT molecular complexity index is 1090. The van der Waals surface area contributed by atoms with Crippen LogP contribution < -0.4 is 9.47 Å². The Kier molecular flexibility index (Phi) is 6.08. The SMILES string of the molecule is Cc1ccc(OC(=O)c2cc(F)c(Oc3cnc(C(C)(C)C)c(Cl)c3)cc2F)cc1. The van der Waals surface area contributed by atoms with Crippen molar-refractivity contribution >= 4 is 17.6 Å². The fraction of sp³-hybridized carbons (Fsp3) is 0.217. The zero-order chi connectivity index (χ0) is 22.1. The summed E-state index contributed by atoms with van der Waals surface area (Å²) in [5, 5.41) is 0.346. The van der Waals surface area contributed by atoms with E-state index in [0.29, 0.717) is 10.7 Å². The Hall–Kier alpha value is -2.99. The van der Waals surface area contributed by atoms with Crippen LogP contribution in [0.25, 0.3) is 0 Å². The van der Waals surface area contributed by atoms with Crippen LogP contribution in [0.1, 0.15) is 42.4 Å². The molecule has 2 aromatic carbocycles. The highest BCUT2D eigenvalue weighted by Gasteiger charge is 2.22. The molecule has 0 saturated heterocycles. The third-order valence-electron chi connectivity index (χ3n) is 4.23. The smallest absolute Gasteiger partial charge is 0.346 e.